The highest BCUT2D eigenvalue weighted by molar-refractivity contribution is 6.30. The van der Waals surface area contributed by atoms with E-state index in [4.69, 9.17) is 21.1 Å². The maximum absolute atomic E-state index is 12.2. The van der Waals surface area contributed by atoms with E-state index in [9.17, 15) is 9.59 Å². The summed E-state index contributed by atoms with van der Waals surface area (Å²) in [6.45, 7) is 5.40. The fourth-order valence-electron chi connectivity index (χ4n) is 2.80. The minimum absolute atomic E-state index is 0.0373. The number of esters is 2. The first-order valence-electron chi connectivity index (χ1n) is 9.00. The Balaban J connectivity index is 2.02. The average Bonchev–Trinajstić information content (AvgIpc) is 3.02. The predicted molar refractivity (Wildman–Crippen MR) is 111 cm³/mol. The molecule has 0 unspecified atom stereocenters. The number of benzene rings is 1. The van der Waals surface area contributed by atoms with E-state index in [0.29, 0.717) is 27.7 Å². The van der Waals surface area contributed by atoms with Gasteiger partial charge in [-0.3, -0.25) is 9.20 Å². The number of aromatic nitrogens is 2. The van der Waals surface area contributed by atoms with Gasteiger partial charge in [0.25, 0.3) is 0 Å². The van der Waals surface area contributed by atoms with Crippen molar-refractivity contribution >= 4 is 35.0 Å². The highest BCUT2D eigenvalue weighted by Crippen LogP contribution is 2.30. The molecule has 0 saturated heterocycles. The lowest BCUT2D eigenvalue weighted by atomic mass is 10.1. The van der Waals surface area contributed by atoms with E-state index in [1.54, 1.807) is 34.9 Å². The van der Waals surface area contributed by atoms with Gasteiger partial charge in [0.15, 0.2) is 0 Å². The molecule has 0 atom stereocenters. The Kier molecular flexibility index (Phi) is 5.79. The summed E-state index contributed by atoms with van der Waals surface area (Å²) in [6, 6.07) is 10.5. The van der Waals surface area contributed by atoms with Gasteiger partial charge < -0.3 is 14.8 Å². The SMILES string of the molecule is COC(=O)c1ccn2c(NCC(=O)OC(C)(C)C)c(-c3ccc(Cl)cc3)nc2c1. The third kappa shape index (κ3) is 4.86. The molecule has 0 radical (unpaired) electrons. The predicted octanol–water partition coefficient (Wildman–Crippen LogP) is 4.19. The van der Waals surface area contributed by atoms with Gasteiger partial charge in [-0.05, 0) is 45.0 Å². The number of nitrogens with one attached hydrogen (secondary N) is 1. The minimum atomic E-state index is -0.577. The van der Waals surface area contributed by atoms with Crippen LogP contribution in [0.25, 0.3) is 16.9 Å². The molecule has 29 heavy (non-hydrogen) atoms. The topological polar surface area (TPSA) is 81.9 Å². The smallest absolute Gasteiger partial charge is 0.338 e. The Morgan fingerprint density at radius 1 is 1.17 bits per heavy atom. The Bertz CT molecular complexity index is 1050. The van der Waals surface area contributed by atoms with E-state index in [1.807, 2.05) is 32.9 Å². The van der Waals surface area contributed by atoms with Crippen molar-refractivity contribution in [3.05, 3.63) is 53.2 Å². The zero-order valence-corrected chi connectivity index (χ0v) is 17.4. The zero-order chi connectivity index (χ0) is 21.2. The molecule has 0 saturated carbocycles. The summed E-state index contributed by atoms with van der Waals surface area (Å²) in [5, 5.41) is 3.72. The largest absolute Gasteiger partial charge is 0.465 e. The van der Waals surface area contributed by atoms with Crippen molar-refractivity contribution in [1.29, 1.82) is 0 Å². The number of hydrogen-bond donors (Lipinski definition) is 1. The molecule has 0 aliphatic carbocycles. The number of halogens is 1. The standard InChI is InChI=1S/C21H22ClN3O4/c1-21(2,3)29-17(26)12-23-19-18(13-5-7-15(22)8-6-13)24-16-11-14(20(27)28-4)9-10-25(16)19/h5-11,23H,12H2,1-4H3. The van der Waals surface area contributed by atoms with Gasteiger partial charge in [-0.2, -0.15) is 0 Å². The van der Waals surface area contributed by atoms with E-state index in [2.05, 4.69) is 10.3 Å². The van der Waals surface area contributed by atoms with E-state index >= 15 is 0 Å². The van der Waals surface area contributed by atoms with Crippen molar-refractivity contribution in [2.45, 2.75) is 26.4 Å². The normalized spacial score (nSPS) is 11.3. The summed E-state index contributed by atoms with van der Waals surface area (Å²) in [5.74, 6) is -0.239. The Morgan fingerprint density at radius 3 is 2.48 bits per heavy atom. The summed E-state index contributed by atoms with van der Waals surface area (Å²) in [4.78, 5) is 28.7. The minimum Gasteiger partial charge on any atom is -0.465 e. The van der Waals surface area contributed by atoms with Gasteiger partial charge in [0.1, 0.15) is 29.3 Å². The Hall–Kier alpha value is -3.06. The molecule has 1 aromatic carbocycles. The van der Waals surface area contributed by atoms with Gasteiger partial charge in [-0.15, -0.1) is 0 Å². The first-order chi connectivity index (χ1) is 13.7. The number of fused-ring (bicyclic) bond motifs is 1. The van der Waals surface area contributed by atoms with Crippen molar-refractivity contribution in [3.8, 4) is 11.3 Å². The number of carbonyl (C=O) groups is 2. The highest BCUT2D eigenvalue weighted by Gasteiger charge is 2.19. The second-order valence-corrected chi connectivity index (χ2v) is 7.83. The molecule has 3 rings (SSSR count). The van der Waals surface area contributed by atoms with E-state index in [-0.39, 0.29) is 12.5 Å². The third-order valence-corrected chi connectivity index (χ3v) is 4.24. The fraction of sp³-hybridized carbons (Fsp3) is 0.286. The number of anilines is 1. The van der Waals surface area contributed by atoms with Crippen LogP contribution in [0.1, 0.15) is 31.1 Å². The van der Waals surface area contributed by atoms with Gasteiger partial charge in [-0.25, -0.2) is 9.78 Å². The molecule has 0 spiro atoms. The van der Waals surface area contributed by atoms with Crippen LogP contribution in [0, 0.1) is 0 Å². The monoisotopic (exact) mass is 415 g/mol. The number of hydrogen-bond acceptors (Lipinski definition) is 6. The van der Waals surface area contributed by atoms with E-state index < -0.39 is 11.6 Å². The number of pyridine rings is 1. The molecule has 0 amide bonds. The molecule has 152 valence electrons. The van der Waals surface area contributed by atoms with Crippen LogP contribution < -0.4 is 5.32 Å². The number of carbonyl (C=O) groups excluding carboxylic acids is 2. The average molecular weight is 416 g/mol. The second kappa shape index (κ2) is 8.13. The molecule has 8 heteroatoms. The van der Waals surface area contributed by atoms with E-state index in [0.717, 1.165) is 5.56 Å². The van der Waals surface area contributed by atoms with Gasteiger partial charge in [0.05, 0.1) is 12.7 Å². The fourth-order valence-corrected chi connectivity index (χ4v) is 2.93. The van der Waals surface area contributed by atoms with Gasteiger partial charge in [0, 0.05) is 16.8 Å². The quantitative estimate of drug-likeness (QED) is 0.629. The number of rotatable bonds is 5. The molecule has 2 heterocycles. The first-order valence-corrected chi connectivity index (χ1v) is 9.38. The van der Waals surface area contributed by atoms with Crippen molar-refractivity contribution in [2.24, 2.45) is 0 Å². The second-order valence-electron chi connectivity index (χ2n) is 7.39. The lowest BCUT2D eigenvalue weighted by molar-refractivity contribution is -0.152. The molecule has 3 aromatic rings. The molecule has 7 nitrogen and oxygen atoms in total. The summed E-state index contributed by atoms with van der Waals surface area (Å²) in [7, 11) is 1.32. The van der Waals surface area contributed by atoms with Crippen LogP contribution in [0.5, 0.6) is 0 Å². The zero-order valence-electron chi connectivity index (χ0n) is 16.7. The number of nitrogens with zero attached hydrogens (tertiary/aromatic N) is 2. The van der Waals surface area contributed by atoms with Crippen molar-refractivity contribution < 1.29 is 19.1 Å². The maximum atomic E-state index is 12.2. The molecule has 2 aromatic heterocycles. The molecule has 1 N–H and O–H groups in total. The number of ether oxygens (including phenoxy) is 2. The molecular formula is C21H22ClN3O4. The summed E-state index contributed by atoms with van der Waals surface area (Å²) >= 11 is 6.00. The van der Waals surface area contributed by atoms with Crippen LogP contribution >= 0.6 is 11.6 Å². The van der Waals surface area contributed by atoms with Gasteiger partial charge in [0.2, 0.25) is 0 Å². The highest BCUT2D eigenvalue weighted by atomic mass is 35.5. The molecule has 0 fully saturated rings. The van der Waals surface area contributed by atoms with Crippen LogP contribution in [-0.4, -0.2) is 40.6 Å². The Labute approximate surface area is 173 Å². The molecule has 0 bridgehead atoms. The van der Waals surface area contributed by atoms with Crippen LogP contribution in [-0.2, 0) is 14.3 Å². The lowest BCUT2D eigenvalue weighted by Gasteiger charge is -2.19. The van der Waals surface area contributed by atoms with Gasteiger partial charge in [-0.1, -0.05) is 23.7 Å². The number of imidazole rings is 1. The summed E-state index contributed by atoms with van der Waals surface area (Å²) < 4.78 is 11.9. The molecular weight excluding hydrogens is 394 g/mol. The van der Waals surface area contributed by atoms with Crippen LogP contribution in [0.3, 0.4) is 0 Å². The van der Waals surface area contributed by atoms with Crippen LogP contribution in [0.15, 0.2) is 42.6 Å². The van der Waals surface area contributed by atoms with Crippen molar-refractivity contribution in [1.82, 2.24) is 9.38 Å². The Morgan fingerprint density at radius 2 is 1.86 bits per heavy atom. The van der Waals surface area contributed by atoms with Crippen molar-refractivity contribution in [3.63, 3.8) is 0 Å². The number of methoxy groups -OCH3 is 1. The third-order valence-electron chi connectivity index (χ3n) is 3.99. The first kappa shape index (κ1) is 20.7. The summed E-state index contributed by atoms with van der Waals surface area (Å²) in [5.41, 5.74) is 1.76. The van der Waals surface area contributed by atoms with Crippen molar-refractivity contribution in [2.75, 3.05) is 19.0 Å². The van der Waals surface area contributed by atoms with E-state index in [1.165, 1.54) is 7.11 Å². The summed E-state index contributed by atoms with van der Waals surface area (Å²) in [6.07, 6.45) is 1.70. The van der Waals surface area contributed by atoms with Gasteiger partial charge >= 0.3 is 11.9 Å². The lowest BCUT2D eigenvalue weighted by Crippen LogP contribution is -2.28. The maximum Gasteiger partial charge on any atom is 0.338 e. The molecule has 0 aliphatic rings. The van der Waals surface area contributed by atoms with Crippen LogP contribution in [0.4, 0.5) is 5.82 Å². The van der Waals surface area contributed by atoms with Crippen LogP contribution in [0.2, 0.25) is 5.02 Å². The molecule has 0 aliphatic heterocycles.